The van der Waals surface area contributed by atoms with Crippen LogP contribution in [0.3, 0.4) is 0 Å². The van der Waals surface area contributed by atoms with Crippen molar-refractivity contribution in [2.75, 3.05) is 0 Å². The van der Waals surface area contributed by atoms with E-state index < -0.39 is 11.7 Å². The van der Waals surface area contributed by atoms with Crippen molar-refractivity contribution in [3.05, 3.63) is 58.4 Å². The molecular weight excluding hydrogens is 341 g/mol. The summed E-state index contributed by atoms with van der Waals surface area (Å²) in [6.07, 6.45) is -2.97. The molecule has 0 saturated heterocycles. The Balaban J connectivity index is 1.60. The molecule has 0 spiro atoms. The van der Waals surface area contributed by atoms with E-state index in [1.54, 1.807) is 0 Å². The summed E-state index contributed by atoms with van der Waals surface area (Å²) in [5.74, 6) is 0.646. The van der Waals surface area contributed by atoms with E-state index in [2.05, 4.69) is 4.98 Å². The number of hydrogen-bond donors (Lipinski definition) is 0. The number of alkyl halides is 3. The van der Waals surface area contributed by atoms with Gasteiger partial charge in [-0.1, -0.05) is 23.7 Å². The molecule has 0 N–H and O–H groups in total. The molecule has 0 unspecified atom stereocenters. The fraction of sp³-hybridized carbons (Fsp3) is 0.294. The monoisotopic (exact) mass is 352 g/mol. The molecule has 1 aromatic carbocycles. The fourth-order valence-corrected chi connectivity index (χ4v) is 2.87. The lowest BCUT2D eigenvalue weighted by molar-refractivity contribution is -0.137. The van der Waals surface area contributed by atoms with Gasteiger partial charge in [-0.15, -0.1) is 0 Å². The Bertz CT molecular complexity index is 778. The average molecular weight is 353 g/mol. The Morgan fingerprint density at radius 2 is 1.83 bits per heavy atom. The van der Waals surface area contributed by atoms with Crippen molar-refractivity contribution in [2.45, 2.75) is 31.0 Å². The average Bonchev–Trinajstić information content (AvgIpc) is 2.49. The second kappa shape index (κ2) is 6.33. The van der Waals surface area contributed by atoms with Crippen LogP contribution in [-0.2, 0) is 6.18 Å². The molecule has 7 heteroatoms. The van der Waals surface area contributed by atoms with E-state index in [4.69, 9.17) is 21.6 Å². The highest BCUT2D eigenvalue weighted by atomic mass is 35.5. The summed E-state index contributed by atoms with van der Waals surface area (Å²) < 4.78 is 43.4. The highest BCUT2D eigenvalue weighted by Crippen LogP contribution is 2.40. The number of hydrogen-bond acceptors (Lipinski definition) is 3. The number of halogens is 4. The molecule has 1 heterocycles. The zero-order valence-electron chi connectivity index (χ0n) is 12.3. The maximum atomic E-state index is 12.6. The standard InChI is InChI=1S/C17H12ClF3N2O/c18-16-8-15(7-13(9-22)23-16)24-14-5-11(6-14)10-1-3-12(4-2-10)17(19,20)21/h1-4,7-8,11,14H,5-6H2/t11-,14+. The minimum atomic E-state index is -4.32. The van der Waals surface area contributed by atoms with Gasteiger partial charge < -0.3 is 4.74 Å². The first-order chi connectivity index (χ1) is 11.3. The molecule has 1 aliphatic carbocycles. The Morgan fingerprint density at radius 3 is 2.42 bits per heavy atom. The van der Waals surface area contributed by atoms with Gasteiger partial charge in [0.2, 0.25) is 0 Å². The second-order valence-corrected chi connectivity index (χ2v) is 6.04. The van der Waals surface area contributed by atoms with Crippen molar-refractivity contribution in [2.24, 2.45) is 0 Å². The zero-order chi connectivity index (χ0) is 17.3. The Morgan fingerprint density at radius 1 is 1.17 bits per heavy atom. The largest absolute Gasteiger partial charge is 0.490 e. The van der Waals surface area contributed by atoms with E-state index in [0.29, 0.717) is 18.6 Å². The molecule has 2 aromatic rings. The maximum absolute atomic E-state index is 12.6. The van der Waals surface area contributed by atoms with Crippen molar-refractivity contribution in [1.29, 1.82) is 5.26 Å². The lowest BCUT2D eigenvalue weighted by atomic mass is 9.77. The molecule has 3 nitrogen and oxygen atoms in total. The van der Waals surface area contributed by atoms with Crippen LogP contribution in [0.25, 0.3) is 0 Å². The van der Waals surface area contributed by atoms with Gasteiger partial charge in [0.15, 0.2) is 0 Å². The van der Waals surface area contributed by atoms with Gasteiger partial charge in [-0.3, -0.25) is 0 Å². The number of pyridine rings is 1. The minimum Gasteiger partial charge on any atom is -0.490 e. The van der Waals surface area contributed by atoms with Crippen molar-refractivity contribution in [3.8, 4) is 11.8 Å². The molecule has 0 aliphatic heterocycles. The molecule has 0 amide bonds. The van der Waals surface area contributed by atoms with Crippen LogP contribution >= 0.6 is 11.6 Å². The molecule has 1 saturated carbocycles. The molecule has 1 aliphatic rings. The van der Waals surface area contributed by atoms with Gasteiger partial charge >= 0.3 is 6.18 Å². The summed E-state index contributed by atoms with van der Waals surface area (Å²) in [7, 11) is 0. The first-order valence-electron chi connectivity index (χ1n) is 7.26. The second-order valence-electron chi connectivity index (χ2n) is 5.65. The number of nitriles is 1. The quantitative estimate of drug-likeness (QED) is 0.734. The third kappa shape index (κ3) is 3.62. The first-order valence-corrected chi connectivity index (χ1v) is 7.64. The van der Waals surface area contributed by atoms with E-state index in [9.17, 15) is 13.2 Å². The van der Waals surface area contributed by atoms with Gasteiger partial charge in [0, 0.05) is 12.1 Å². The van der Waals surface area contributed by atoms with Gasteiger partial charge in [-0.25, -0.2) is 4.98 Å². The van der Waals surface area contributed by atoms with E-state index in [0.717, 1.165) is 17.7 Å². The summed E-state index contributed by atoms with van der Waals surface area (Å²) in [5, 5.41) is 9.04. The normalized spacial score (nSPS) is 20.1. The van der Waals surface area contributed by atoms with Crippen LogP contribution < -0.4 is 4.74 Å². The van der Waals surface area contributed by atoms with Gasteiger partial charge in [0.1, 0.15) is 22.7 Å². The lowest BCUT2D eigenvalue weighted by Crippen LogP contribution is -2.32. The van der Waals surface area contributed by atoms with E-state index in [1.165, 1.54) is 24.3 Å². The van der Waals surface area contributed by atoms with Gasteiger partial charge in [0.05, 0.1) is 11.7 Å². The van der Waals surface area contributed by atoms with Gasteiger partial charge in [-0.2, -0.15) is 18.4 Å². The third-order valence-electron chi connectivity index (χ3n) is 3.99. The van der Waals surface area contributed by atoms with E-state index >= 15 is 0 Å². The van der Waals surface area contributed by atoms with E-state index in [1.807, 2.05) is 6.07 Å². The zero-order valence-corrected chi connectivity index (χ0v) is 13.1. The number of aromatic nitrogens is 1. The lowest BCUT2D eigenvalue weighted by Gasteiger charge is -2.35. The molecule has 1 aromatic heterocycles. The van der Waals surface area contributed by atoms with Crippen molar-refractivity contribution in [1.82, 2.24) is 4.98 Å². The SMILES string of the molecule is N#Cc1cc(O[C@H]2C[C@@H](c3ccc(C(F)(F)F)cc3)C2)cc(Cl)n1. The van der Waals surface area contributed by atoms with Crippen LogP contribution in [0.5, 0.6) is 5.75 Å². The van der Waals surface area contributed by atoms with Crippen LogP contribution in [0.1, 0.15) is 35.6 Å². The summed E-state index contributed by atoms with van der Waals surface area (Å²) in [6, 6.07) is 10.2. The number of rotatable bonds is 3. The predicted octanol–water partition coefficient (Wildman–Crippen LogP) is 4.95. The summed E-state index contributed by atoms with van der Waals surface area (Å²) in [4.78, 5) is 3.83. The molecule has 1 fully saturated rings. The van der Waals surface area contributed by atoms with Gasteiger partial charge in [0.25, 0.3) is 0 Å². The number of ether oxygens (including phenoxy) is 1. The smallest absolute Gasteiger partial charge is 0.416 e. The minimum absolute atomic E-state index is 0.0534. The molecule has 24 heavy (non-hydrogen) atoms. The highest BCUT2D eigenvalue weighted by Gasteiger charge is 2.34. The Kier molecular flexibility index (Phi) is 4.37. The summed E-state index contributed by atoms with van der Waals surface area (Å²) in [6.45, 7) is 0. The molecule has 0 bridgehead atoms. The number of nitrogens with zero attached hydrogens (tertiary/aromatic N) is 2. The summed E-state index contributed by atoms with van der Waals surface area (Å²) >= 11 is 5.82. The van der Waals surface area contributed by atoms with Crippen LogP contribution in [0.2, 0.25) is 5.15 Å². The maximum Gasteiger partial charge on any atom is 0.416 e. The van der Waals surface area contributed by atoms with E-state index in [-0.39, 0.29) is 22.9 Å². The molecule has 124 valence electrons. The molecular formula is C17H12ClF3N2O. The number of benzene rings is 1. The molecule has 0 atom stereocenters. The van der Waals surface area contributed by atoms with Crippen LogP contribution in [0.15, 0.2) is 36.4 Å². The summed E-state index contributed by atoms with van der Waals surface area (Å²) in [5.41, 5.74) is 0.401. The van der Waals surface area contributed by atoms with Crippen molar-refractivity contribution >= 4 is 11.6 Å². The predicted molar refractivity (Wildman–Crippen MR) is 81.8 cm³/mol. The first kappa shape index (κ1) is 16.6. The Labute approximate surface area is 141 Å². The van der Waals surface area contributed by atoms with Crippen LogP contribution in [0, 0.1) is 11.3 Å². The Hall–Kier alpha value is -2.26. The van der Waals surface area contributed by atoms with Gasteiger partial charge in [-0.05, 0) is 36.5 Å². The van der Waals surface area contributed by atoms with Crippen molar-refractivity contribution in [3.63, 3.8) is 0 Å². The van der Waals surface area contributed by atoms with Crippen LogP contribution in [0.4, 0.5) is 13.2 Å². The fourth-order valence-electron chi connectivity index (χ4n) is 2.67. The van der Waals surface area contributed by atoms with Crippen LogP contribution in [-0.4, -0.2) is 11.1 Å². The van der Waals surface area contributed by atoms with Crippen molar-refractivity contribution < 1.29 is 17.9 Å². The highest BCUT2D eigenvalue weighted by molar-refractivity contribution is 6.29. The molecule has 3 rings (SSSR count). The topological polar surface area (TPSA) is 45.9 Å². The third-order valence-corrected chi connectivity index (χ3v) is 4.18. The molecule has 0 radical (unpaired) electrons.